The van der Waals surface area contributed by atoms with Crippen molar-refractivity contribution >= 4 is 33.3 Å². The number of nitrogens with two attached hydrogens (primary N) is 1. The average Bonchev–Trinajstić information content (AvgIpc) is 2.64. The molecule has 0 saturated carbocycles. The van der Waals surface area contributed by atoms with Crippen molar-refractivity contribution in [3.8, 4) is 11.3 Å². The van der Waals surface area contributed by atoms with Crippen molar-refractivity contribution in [3.63, 3.8) is 0 Å². The fourth-order valence-corrected chi connectivity index (χ4v) is 3.98. The molecule has 0 amide bonds. The minimum absolute atomic E-state index is 0.134. The first kappa shape index (κ1) is 20.5. The van der Waals surface area contributed by atoms with E-state index in [1.807, 2.05) is 6.92 Å². The van der Waals surface area contributed by atoms with Gasteiger partial charge in [-0.1, -0.05) is 18.5 Å². The molecule has 0 radical (unpaired) electrons. The van der Waals surface area contributed by atoms with E-state index in [0.717, 1.165) is 43.0 Å². The van der Waals surface area contributed by atoms with Gasteiger partial charge in [0.25, 0.3) is 0 Å². The van der Waals surface area contributed by atoms with Crippen LogP contribution in [0, 0.1) is 12.3 Å². The van der Waals surface area contributed by atoms with Crippen molar-refractivity contribution in [1.82, 2.24) is 15.0 Å². The highest BCUT2D eigenvalue weighted by Gasteiger charge is 2.34. The normalized spacial score (nSPS) is 17.8. The second kappa shape index (κ2) is 7.99. The van der Waals surface area contributed by atoms with E-state index >= 15 is 0 Å². The number of rotatable bonds is 4. The number of nitrogens with zero attached hydrogens (tertiary/aromatic N) is 4. The van der Waals surface area contributed by atoms with Gasteiger partial charge in [-0.25, -0.2) is 15.0 Å². The van der Waals surface area contributed by atoms with Crippen molar-refractivity contribution in [3.05, 3.63) is 33.3 Å². The highest BCUT2D eigenvalue weighted by Crippen LogP contribution is 2.37. The van der Waals surface area contributed by atoms with Crippen LogP contribution in [0.3, 0.4) is 0 Å². The molecule has 6 nitrogen and oxygen atoms in total. The molecule has 2 aromatic rings. The molecule has 1 aliphatic rings. The van der Waals surface area contributed by atoms with Gasteiger partial charge in [-0.3, -0.25) is 0 Å². The van der Waals surface area contributed by atoms with Crippen LogP contribution >= 0.6 is 27.5 Å². The van der Waals surface area contributed by atoms with Crippen LogP contribution in [0.4, 0.5) is 5.82 Å². The van der Waals surface area contributed by atoms with Crippen LogP contribution in [0.1, 0.15) is 38.1 Å². The molecule has 146 valence electrons. The molecule has 0 aromatic carbocycles. The molecule has 1 aliphatic heterocycles. The van der Waals surface area contributed by atoms with Gasteiger partial charge in [-0.15, -0.1) is 0 Å². The largest absolute Gasteiger partial charge is 0.390 e. The highest BCUT2D eigenvalue weighted by atomic mass is 79.9. The number of aromatic nitrogens is 3. The maximum Gasteiger partial charge on any atom is 0.153 e. The number of pyridine rings is 1. The van der Waals surface area contributed by atoms with Gasteiger partial charge in [0, 0.05) is 30.9 Å². The number of hydrogen-bond donors (Lipinski definition) is 2. The fourth-order valence-electron chi connectivity index (χ4n) is 3.44. The Morgan fingerprint density at radius 3 is 2.63 bits per heavy atom. The van der Waals surface area contributed by atoms with E-state index in [1.165, 1.54) is 0 Å². The summed E-state index contributed by atoms with van der Waals surface area (Å²) >= 11 is 9.73. The third-order valence-electron chi connectivity index (χ3n) is 5.68. The van der Waals surface area contributed by atoms with E-state index in [-0.39, 0.29) is 18.1 Å². The van der Waals surface area contributed by atoms with E-state index < -0.39 is 0 Å². The summed E-state index contributed by atoms with van der Waals surface area (Å²) in [6.07, 6.45) is 3.64. The summed E-state index contributed by atoms with van der Waals surface area (Å²) < 4.78 is 0.559. The Morgan fingerprint density at radius 2 is 2.04 bits per heavy atom. The molecular formula is C19H25BrClN5O. The van der Waals surface area contributed by atoms with Gasteiger partial charge in [0.2, 0.25) is 0 Å². The molecule has 1 saturated heterocycles. The van der Waals surface area contributed by atoms with E-state index in [4.69, 9.17) is 27.3 Å². The first-order chi connectivity index (χ1) is 12.8. The Balaban J connectivity index is 1.95. The fraction of sp³-hybridized carbons (Fsp3) is 0.526. The number of piperidine rings is 1. The van der Waals surface area contributed by atoms with E-state index in [0.29, 0.717) is 21.0 Å². The van der Waals surface area contributed by atoms with Crippen molar-refractivity contribution in [2.75, 3.05) is 18.0 Å². The number of hydrogen-bond acceptors (Lipinski definition) is 6. The molecule has 3 N–H and O–H groups in total. The third kappa shape index (κ3) is 3.97. The standard InChI is InChI=1S/C19H25BrClN5O/c1-11-16(13-4-7-23-17(20)15(13)21)25-14(10-27)18(24-11)26-8-5-19(3,6-9-26)12(2)22/h4,7,12,27H,5-6,8-10,22H2,1-3H3. The molecule has 0 aliphatic carbocycles. The topological polar surface area (TPSA) is 88.2 Å². The predicted molar refractivity (Wildman–Crippen MR) is 112 cm³/mol. The lowest BCUT2D eigenvalue weighted by Crippen LogP contribution is -2.47. The first-order valence-electron chi connectivity index (χ1n) is 9.06. The van der Waals surface area contributed by atoms with Crippen LogP contribution < -0.4 is 10.6 Å². The lowest BCUT2D eigenvalue weighted by Gasteiger charge is -2.42. The Bertz CT molecular complexity index is 837. The average molecular weight is 455 g/mol. The van der Waals surface area contributed by atoms with E-state index in [9.17, 15) is 5.11 Å². The van der Waals surface area contributed by atoms with Gasteiger partial charge < -0.3 is 15.7 Å². The minimum Gasteiger partial charge on any atom is -0.390 e. The van der Waals surface area contributed by atoms with Crippen molar-refractivity contribution < 1.29 is 5.11 Å². The quantitative estimate of drug-likeness (QED) is 0.685. The third-order valence-corrected chi connectivity index (χ3v) is 6.89. The Kier molecular flexibility index (Phi) is 6.05. The van der Waals surface area contributed by atoms with Gasteiger partial charge in [0.05, 0.1) is 23.0 Å². The molecule has 3 heterocycles. The van der Waals surface area contributed by atoms with Gasteiger partial charge >= 0.3 is 0 Å². The lowest BCUT2D eigenvalue weighted by atomic mass is 9.75. The lowest BCUT2D eigenvalue weighted by molar-refractivity contribution is 0.204. The van der Waals surface area contributed by atoms with Gasteiger partial charge in [0.15, 0.2) is 5.82 Å². The van der Waals surface area contributed by atoms with E-state index in [2.05, 4.69) is 39.7 Å². The van der Waals surface area contributed by atoms with Crippen molar-refractivity contribution in [2.24, 2.45) is 11.1 Å². The summed E-state index contributed by atoms with van der Waals surface area (Å²) in [6, 6.07) is 1.96. The van der Waals surface area contributed by atoms with Crippen LogP contribution in [0.25, 0.3) is 11.3 Å². The maximum atomic E-state index is 9.92. The zero-order valence-electron chi connectivity index (χ0n) is 15.8. The molecule has 3 rings (SSSR count). The number of anilines is 1. The molecule has 1 fully saturated rings. The molecular weight excluding hydrogens is 430 g/mol. The Hall–Kier alpha value is -1.28. The van der Waals surface area contributed by atoms with Crippen LogP contribution in [0.15, 0.2) is 16.9 Å². The molecule has 0 bridgehead atoms. The smallest absolute Gasteiger partial charge is 0.153 e. The predicted octanol–water partition coefficient (Wildman–Crippen LogP) is 3.71. The van der Waals surface area contributed by atoms with E-state index in [1.54, 1.807) is 12.3 Å². The van der Waals surface area contributed by atoms with Gasteiger partial charge in [-0.2, -0.15) is 0 Å². The molecule has 8 heteroatoms. The maximum absolute atomic E-state index is 9.92. The van der Waals surface area contributed by atoms with Crippen molar-refractivity contribution in [2.45, 2.75) is 46.3 Å². The Labute approximate surface area is 173 Å². The van der Waals surface area contributed by atoms with Crippen LogP contribution in [0.5, 0.6) is 0 Å². The SMILES string of the molecule is Cc1nc(N2CCC(C)(C(C)N)CC2)c(CO)nc1-c1ccnc(Br)c1Cl. The first-order valence-corrected chi connectivity index (χ1v) is 10.2. The Morgan fingerprint density at radius 1 is 1.37 bits per heavy atom. The molecule has 1 atom stereocenters. The van der Waals surface area contributed by atoms with Gasteiger partial charge in [0.1, 0.15) is 10.3 Å². The highest BCUT2D eigenvalue weighted by molar-refractivity contribution is 9.10. The van der Waals surface area contributed by atoms with Crippen LogP contribution in [-0.2, 0) is 6.61 Å². The van der Waals surface area contributed by atoms with Gasteiger partial charge in [-0.05, 0) is 54.1 Å². The monoisotopic (exact) mass is 453 g/mol. The molecule has 2 aromatic heterocycles. The summed E-state index contributed by atoms with van der Waals surface area (Å²) in [5.74, 6) is 0.745. The zero-order chi connectivity index (χ0) is 19.8. The van der Waals surface area contributed by atoms with Crippen LogP contribution in [0.2, 0.25) is 5.02 Å². The second-order valence-electron chi connectivity index (χ2n) is 7.48. The summed E-state index contributed by atoms with van der Waals surface area (Å²) in [5.41, 5.74) is 9.03. The minimum atomic E-state index is -0.180. The summed E-state index contributed by atoms with van der Waals surface area (Å²) in [7, 11) is 0. The van der Waals surface area contributed by atoms with Crippen LogP contribution in [-0.4, -0.2) is 39.2 Å². The molecule has 27 heavy (non-hydrogen) atoms. The van der Waals surface area contributed by atoms with Crippen molar-refractivity contribution in [1.29, 1.82) is 0 Å². The second-order valence-corrected chi connectivity index (χ2v) is 8.61. The number of halogens is 2. The number of aliphatic hydroxyl groups excluding tert-OH is 1. The summed E-state index contributed by atoms with van der Waals surface area (Å²) in [6.45, 7) is 7.74. The number of aliphatic hydroxyl groups is 1. The summed E-state index contributed by atoms with van der Waals surface area (Å²) in [5, 5.41) is 10.4. The zero-order valence-corrected chi connectivity index (χ0v) is 18.2. The molecule has 1 unspecified atom stereocenters. The summed E-state index contributed by atoms with van der Waals surface area (Å²) in [4.78, 5) is 15.8. The molecule has 0 spiro atoms. The number of aryl methyl sites for hydroxylation is 1.